The van der Waals surface area contributed by atoms with E-state index in [1.165, 1.54) is 11.8 Å². The minimum Gasteiger partial charge on any atom is -0.495 e. The minimum atomic E-state index is -0.492. The molecule has 9 heteroatoms. The summed E-state index contributed by atoms with van der Waals surface area (Å²) in [5.74, 6) is 1.15. The van der Waals surface area contributed by atoms with Crippen molar-refractivity contribution in [2.24, 2.45) is 0 Å². The molecule has 1 aromatic heterocycles. The lowest BCUT2D eigenvalue weighted by Crippen LogP contribution is -2.43. The monoisotopic (exact) mass is 491 g/mol. The molecule has 4 aromatic rings. The van der Waals surface area contributed by atoms with Crippen molar-refractivity contribution in [1.82, 2.24) is 20.2 Å². The first-order valence-corrected chi connectivity index (χ1v) is 12.0. The highest BCUT2D eigenvalue weighted by Crippen LogP contribution is 2.40. The molecule has 34 heavy (non-hydrogen) atoms. The average molecular weight is 492 g/mol. The number of aromatic nitrogens is 3. The van der Waals surface area contributed by atoms with Crippen molar-refractivity contribution in [3.8, 4) is 17.1 Å². The second-order valence-electron chi connectivity index (χ2n) is 7.75. The fourth-order valence-electron chi connectivity index (χ4n) is 3.84. The van der Waals surface area contributed by atoms with Gasteiger partial charge < -0.3 is 15.5 Å². The summed E-state index contributed by atoms with van der Waals surface area (Å²) in [7, 11) is 1.57. The second-order valence-corrected chi connectivity index (χ2v) is 9.27. The zero-order chi connectivity index (χ0) is 23.5. The van der Waals surface area contributed by atoms with E-state index in [0.717, 1.165) is 16.7 Å². The highest BCUT2D eigenvalue weighted by Gasteiger charge is 2.38. The summed E-state index contributed by atoms with van der Waals surface area (Å²) in [6.07, 6.45) is 0. The lowest BCUT2D eigenvalue weighted by molar-refractivity contribution is -0.121. The molecule has 1 amide bonds. The van der Waals surface area contributed by atoms with Gasteiger partial charge in [-0.1, -0.05) is 90.1 Å². The standard InChI is InChI=1S/C25H22ClN5O2S/c1-33-20-13-12-18(14-19(20)26)21-22(24(32)27-15-16-8-4-2-5-9-16)34-25-29-28-23(31(25)30-21)17-10-6-3-7-11-17/h2-14,21-22,30H,15H2,1H3,(H,27,32)/t21-,22+/m1/s1. The van der Waals surface area contributed by atoms with Crippen LogP contribution < -0.4 is 15.5 Å². The third-order valence-corrected chi connectivity index (χ3v) is 7.08. The third-order valence-electron chi connectivity index (χ3n) is 5.57. The Kier molecular flexibility index (Phi) is 6.42. The number of amides is 1. The first kappa shape index (κ1) is 22.3. The normalized spacial score (nSPS) is 16.9. The summed E-state index contributed by atoms with van der Waals surface area (Å²) in [6, 6.07) is 24.8. The van der Waals surface area contributed by atoms with E-state index < -0.39 is 5.25 Å². The summed E-state index contributed by atoms with van der Waals surface area (Å²) < 4.78 is 7.14. The van der Waals surface area contributed by atoms with Crippen LogP contribution in [0.25, 0.3) is 11.4 Å². The van der Waals surface area contributed by atoms with Crippen LogP contribution in [0.4, 0.5) is 0 Å². The Morgan fingerprint density at radius 2 is 1.82 bits per heavy atom. The number of benzene rings is 3. The van der Waals surface area contributed by atoms with E-state index in [1.807, 2.05) is 83.5 Å². The molecular weight excluding hydrogens is 470 g/mol. The van der Waals surface area contributed by atoms with Gasteiger partial charge in [-0.25, -0.2) is 4.68 Å². The largest absolute Gasteiger partial charge is 0.495 e. The molecule has 0 fully saturated rings. The van der Waals surface area contributed by atoms with E-state index in [2.05, 4.69) is 20.9 Å². The Balaban J connectivity index is 1.48. The molecule has 7 nitrogen and oxygen atoms in total. The number of halogens is 1. The van der Waals surface area contributed by atoms with Crippen LogP contribution in [0.15, 0.2) is 84.0 Å². The Hall–Kier alpha value is -3.49. The molecule has 0 bridgehead atoms. The lowest BCUT2D eigenvalue weighted by atomic mass is 10.0. The predicted molar refractivity (Wildman–Crippen MR) is 133 cm³/mol. The zero-order valence-corrected chi connectivity index (χ0v) is 19.9. The molecule has 3 aromatic carbocycles. The molecule has 1 aliphatic heterocycles. The van der Waals surface area contributed by atoms with Gasteiger partial charge in [0, 0.05) is 12.1 Å². The summed E-state index contributed by atoms with van der Waals surface area (Å²) in [6.45, 7) is 0.439. The number of rotatable bonds is 6. The van der Waals surface area contributed by atoms with Gasteiger partial charge in [0.25, 0.3) is 0 Å². The van der Waals surface area contributed by atoms with Gasteiger partial charge in [-0.3, -0.25) is 4.79 Å². The van der Waals surface area contributed by atoms with E-state index in [-0.39, 0.29) is 11.9 Å². The number of ether oxygens (including phenoxy) is 1. The summed E-state index contributed by atoms with van der Waals surface area (Å²) in [5, 5.41) is 12.4. The van der Waals surface area contributed by atoms with Gasteiger partial charge >= 0.3 is 0 Å². The number of fused-ring (bicyclic) bond motifs is 1. The van der Waals surface area contributed by atoms with Crippen molar-refractivity contribution in [3.05, 3.63) is 95.0 Å². The van der Waals surface area contributed by atoms with Gasteiger partial charge in [0.2, 0.25) is 11.1 Å². The van der Waals surface area contributed by atoms with E-state index in [0.29, 0.717) is 28.3 Å². The van der Waals surface area contributed by atoms with Crippen LogP contribution in [0.3, 0.4) is 0 Å². The maximum atomic E-state index is 13.4. The molecule has 0 saturated carbocycles. The highest BCUT2D eigenvalue weighted by molar-refractivity contribution is 8.00. The van der Waals surface area contributed by atoms with E-state index in [9.17, 15) is 4.79 Å². The number of hydrogen-bond donors (Lipinski definition) is 2. The average Bonchev–Trinajstić information content (AvgIpc) is 3.30. The van der Waals surface area contributed by atoms with Crippen molar-refractivity contribution in [1.29, 1.82) is 0 Å². The van der Waals surface area contributed by atoms with E-state index in [1.54, 1.807) is 7.11 Å². The fraction of sp³-hybridized carbons (Fsp3) is 0.160. The molecule has 0 spiro atoms. The molecule has 0 unspecified atom stereocenters. The number of carbonyl (C=O) groups excluding carboxylic acids is 1. The molecule has 0 radical (unpaired) electrons. The second kappa shape index (κ2) is 9.79. The van der Waals surface area contributed by atoms with Crippen LogP contribution in [0.5, 0.6) is 5.75 Å². The molecule has 0 saturated heterocycles. The number of hydrogen-bond acceptors (Lipinski definition) is 6. The van der Waals surface area contributed by atoms with Crippen molar-refractivity contribution < 1.29 is 9.53 Å². The first-order chi connectivity index (χ1) is 16.6. The number of nitrogens with zero attached hydrogens (tertiary/aromatic N) is 3. The van der Waals surface area contributed by atoms with Crippen molar-refractivity contribution >= 4 is 29.3 Å². The van der Waals surface area contributed by atoms with Crippen molar-refractivity contribution in [2.75, 3.05) is 12.5 Å². The molecular formula is C25H22ClN5O2S. The van der Waals surface area contributed by atoms with Gasteiger partial charge in [0.15, 0.2) is 5.82 Å². The maximum Gasteiger partial charge on any atom is 0.236 e. The molecule has 2 N–H and O–H groups in total. The van der Waals surface area contributed by atoms with Crippen LogP contribution in [-0.4, -0.2) is 33.1 Å². The summed E-state index contributed by atoms with van der Waals surface area (Å²) in [4.78, 5) is 13.4. The molecule has 5 rings (SSSR count). The Morgan fingerprint density at radius 1 is 1.09 bits per heavy atom. The van der Waals surface area contributed by atoms with Crippen LogP contribution in [-0.2, 0) is 11.3 Å². The van der Waals surface area contributed by atoms with Gasteiger partial charge in [-0.15, -0.1) is 10.2 Å². The van der Waals surface area contributed by atoms with Crippen LogP contribution in [0.2, 0.25) is 5.02 Å². The first-order valence-electron chi connectivity index (χ1n) is 10.7. The lowest BCUT2D eigenvalue weighted by Gasteiger charge is -2.33. The van der Waals surface area contributed by atoms with Crippen molar-refractivity contribution in [3.63, 3.8) is 0 Å². The quantitative estimate of drug-likeness (QED) is 0.407. The van der Waals surface area contributed by atoms with Crippen LogP contribution in [0, 0.1) is 0 Å². The molecule has 1 aliphatic rings. The Morgan fingerprint density at radius 3 is 2.53 bits per heavy atom. The zero-order valence-electron chi connectivity index (χ0n) is 18.3. The third kappa shape index (κ3) is 4.47. The molecule has 0 aliphatic carbocycles. The Labute approximate surface area is 206 Å². The number of carbonyl (C=O) groups is 1. The van der Waals surface area contributed by atoms with Gasteiger partial charge in [-0.2, -0.15) is 0 Å². The van der Waals surface area contributed by atoms with Gasteiger partial charge in [0.05, 0.1) is 18.2 Å². The summed E-state index contributed by atoms with van der Waals surface area (Å²) >= 11 is 7.81. The Bertz CT molecular complexity index is 1300. The fourth-order valence-corrected chi connectivity index (χ4v) is 5.21. The number of methoxy groups -OCH3 is 1. The van der Waals surface area contributed by atoms with Crippen LogP contribution in [0.1, 0.15) is 17.2 Å². The number of nitrogens with one attached hydrogen (secondary N) is 2. The van der Waals surface area contributed by atoms with Gasteiger partial charge in [0.1, 0.15) is 11.0 Å². The number of thioether (sulfide) groups is 1. The van der Waals surface area contributed by atoms with Gasteiger partial charge in [-0.05, 0) is 23.3 Å². The van der Waals surface area contributed by atoms with Crippen molar-refractivity contribution in [2.45, 2.75) is 23.0 Å². The molecule has 172 valence electrons. The van der Waals surface area contributed by atoms with E-state index in [4.69, 9.17) is 16.3 Å². The maximum absolute atomic E-state index is 13.4. The van der Waals surface area contributed by atoms with E-state index >= 15 is 0 Å². The smallest absolute Gasteiger partial charge is 0.236 e. The molecule has 2 heterocycles. The highest BCUT2D eigenvalue weighted by atomic mass is 35.5. The minimum absolute atomic E-state index is 0.103. The predicted octanol–water partition coefficient (Wildman–Crippen LogP) is 4.68. The topological polar surface area (TPSA) is 81.1 Å². The molecule has 2 atom stereocenters. The summed E-state index contributed by atoms with van der Waals surface area (Å²) in [5.41, 5.74) is 6.28. The SMILES string of the molecule is COc1ccc([C@H]2Nn3c(nnc3-c3ccccc3)S[C@@H]2C(=O)NCc2ccccc2)cc1Cl. The van der Waals surface area contributed by atoms with Crippen LogP contribution >= 0.6 is 23.4 Å².